The fourth-order valence-corrected chi connectivity index (χ4v) is 4.25. The van der Waals surface area contributed by atoms with Crippen molar-refractivity contribution in [2.24, 2.45) is 0 Å². The van der Waals surface area contributed by atoms with Crippen LogP contribution in [0.25, 0.3) is 6.08 Å². The molecule has 0 saturated heterocycles. The van der Waals surface area contributed by atoms with Crippen molar-refractivity contribution in [3.63, 3.8) is 0 Å². The zero-order valence-electron chi connectivity index (χ0n) is 16.6. The van der Waals surface area contributed by atoms with E-state index < -0.39 is 0 Å². The summed E-state index contributed by atoms with van der Waals surface area (Å²) in [6, 6.07) is 7.50. The number of rotatable bonds is 6. The van der Waals surface area contributed by atoms with E-state index in [1.54, 1.807) is 17.9 Å². The monoisotopic (exact) mass is 415 g/mol. The Hall–Kier alpha value is -3.00. The fraction of sp³-hybridized carbons (Fsp3) is 0.333. The van der Waals surface area contributed by atoms with Crippen LogP contribution in [0.2, 0.25) is 0 Å². The van der Waals surface area contributed by atoms with Gasteiger partial charge in [-0.05, 0) is 49.6 Å². The molecule has 0 atom stereocenters. The van der Waals surface area contributed by atoms with E-state index >= 15 is 0 Å². The molecule has 0 aliphatic carbocycles. The molecular weight excluding hydrogens is 390 g/mol. The number of nitrogen functional groups attached to an aromatic ring is 1. The molecule has 1 aliphatic heterocycles. The van der Waals surface area contributed by atoms with E-state index in [1.165, 1.54) is 17.4 Å². The second kappa shape index (κ2) is 9.47. The normalized spacial score (nSPS) is 13.2. The van der Waals surface area contributed by atoms with Crippen LogP contribution in [0, 0.1) is 0 Å². The highest BCUT2D eigenvalue weighted by Crippen LogP contribution is 2.39. The summed E-state index contributed by atoms with van der Waals surface area (Å²) in [5.41, 5.74) is 8.70. The van der Waals surface area contributed by atoms with Crippen LogP contribution in [0.1, 0.15) is 29.9 Å². The van der Waals surface area contributed by atoms with Crippen LogP contribution in [0.3, 0.4) is 0 Å². The highest BCUT2D eigenvalue weighted by molar-refractivity contribution is 7.17. The van der Waals surface area contributed by atoms with Gasteiger partial charge in [0, 0.05) is 17.5 Å². The van der Waals surface area contributed by atoms with Crippen molar-refractivity contribution in [1.29, 1.82) is 0 Å². The molecule has 0 fully saturated rings. The minimum absolute atomic E-state index is 0.258. The summed E-state index contributed by atoms with van der Waals surface area (Å²) in [5, 5.41) is 3.46. The molecule has 1 aromatic carbocycles. The minimum atomic E-state index is -0.325. The van der Waals surface area contributed by atoms with Crippen LogP contribution in [-0.2, 0) is 22.5 Å². The molecule has 154 valence electrons. The molecule has 3 N–H and O–H groups in total. The van der Waals surface area contributed by atoms with Crippen molar-refractivity contribution in [3.8, 4) is 5.75 Å². The van der Waals surface area contributed by atoms with Crippen molar-refractivity contribution in [2.45, 2.75) is 26.8 Å². The number of nitrogens with zero attached hydrogens (tertiary/aromatic N) is 1. The van der Waals surface area contributed by atoms with Crippen LogP contribution < -0.4 is 15.8 Å². The number of hydrogen-bond acceptors (Lipinski definition) is 6. The van der Waals surface area contributed by atoms with Gasteiger partial charge < -0.3 is 25.4 Å². The van der Waals surface area contributed by atoms with Gasteiger partial charge in [-0.3, -0.25) is 4.79 Å². The number of thiophene rings is 1. The molecule has 0 radical (unpaired) electrons. The van der Waals surface area contributed by atoms with Gasteiger partial charge in [-0.25, -0.2) is 4.79 Å². The number of nitrogens with two attached hydrogens (primary N) is 1. The first-order chi connectivity index (χ1) is 14.0. The molecule has 3 rings (SSSR count). The minimum Gasteiger partial charge on any atom is -0.494 e. The zero-order valence-corrected chi connectivity index (χ0v) is 17.4. The Morgan fingerprint density at radius 2 is 2.00 bits per heavy atom. The van der Waals surface area contributed by atoms with Crippen molar-refractivity contribution < 1.29 is 19.1 Å². The summed E-state index contributed by atoms with van der Waals surface area (Å²) in [4.78, 5) is 26.9. The lowest BCUT2D eigenvalue weighted by Gasteiger charge is -2.26. The highest BCUT2D eigenvalue weighted by Gasteiger charge is 2.26. The Morgan fingerprint density at radius 3 is 2.69 bits per heavy atom. The summed E-state index contributed by atoms with van der Waals surface area (Å²) < 4.78 is 10.5. The van der Waals surface area contributed by atoms with E-state index in [-0.39, 0.29) is 12.0 Å². The molecular formula is C21H25N3O4S. The van der Waals surface area contributed by atoms with Crippen molar-refractivity contribution in [3.05, 3.63) is 46.3 Å². The number of anilines is 2. The van der Waals surface area contributed by atoms with Crippen molar-refractivity contribution in [2.75, 3.05) is 30.8 Å². The number of carbonyl (C=O) groups is 2. The van der Waals surface area contributed by atoms with E-state index in [0.29, 0.717) is 43.4 Å². The Bertz CT molecular complexity index is 905. The lowest BCUT2D eigenvalue weighted by atomic mass is 10.1. The number of amides is 2. The topological polar surface area (TPSA) is 93.9 Å². The third-order valence-corrected chi connectivity index (χ3v) is 5.63. The van der Waals surface area contributed by atoms with Gasteiger partial charge in [-0.1, -0.05) is 12.1 Å². The maximum atomic E-state index is 12.3. The number of benzene rings is 1. The van der Waals surface area contributed by atoms with Gasteiger partial charge in [0.1, 0.15) is 10.8 Å². The van der Waals surface area contributed by atoms with Gasteiger partial charge >= 0.3 is 6.09 Å². The van der Waals surface area contributed by atoms with E-state index in [9.17, 15) is 9.59 Å². The lowest BCUT2D eigenvalue weighted by Crippen LogP contribution is -2.35. The number of ether oxygens (including phenoxy) is 2. The van der Waals surface area contributed by atoms with Crippen LogP contribution in [0.15, 0.2) is 30.3 Å². The van der Waals surface area contributed by atoms with E-state index in [1.807, 2.05) is 31.2 Å². The SMILES string of the molecule is CCOC(=O)N1CCc2c(sc(NC(=O)/C=C/c3ccc(OCC)cc3)c2N)C1. The van der Waals surface area contributed by atoms with Crippen molar-refractivity contribution >= 4 is 40.1 Å². The molecule has 8 heteroatoms. The predicted octanol–water partition coefficient (Wildman–Crippen LogP) is 3.90. The molecule has 29 heavy (non-hydrogen) atoms. The molecule has 0 unspecified atom stereocenters. The summed E-state index contributed by atoms with van der Waals surface area (Å²) in [7, 11) is 0. The Kier molecular flexibility index (Phi) is 6.77. The Morgan fingerprint density at radius 1 is 1.24 bits per heavy atom. The molecule has 2 heterocycles. The van der Waals surface area contributed by atoms with Gasteiger partial charge in [0.2, 0.25) is 5.91 Å². The van der Waals surface area contributed by atoms with Gasteiger partial charge in [0.15, 0.2) is 0 Å². The molecule has 0 bridgehead atoms. The van der Waals surface area contributed by atoms with Crippen LogP contribution >= 0.6 is 11.3 Å². The third-order valence-electron chi connectivity index (χ3n) is 4.48. The number of nitrogens with one attached hydrogen (secondary N) is 1. The number of fused-ring (bicyclic) bond motifs is 1. The Balaban J connectivity index is 1.63. The first kappa shape index (κ1) is 20.7. The van der Waals surface area contributed by atoms with Gasteiger partial charge in [0.25, 0.3) is 0 Å². The van der Waals surface area contributed by atoms with Crippen molar-refractivity contribution in [1.82, 2.24) is 4.90 Å². The van der Waals surface area contributed by atoms with Gasteiger partial charge in [-0.2, -0.15) is 0 Å². The van der Waals surface area contributed by atoms with Gasteiger partial charge in [-0.15, -0.1) is 11.3 Å². The number of hydrogen-bond donors (Lipinski definition) is 2. The van der Waals surface area contributed by atoms with Crippen LogP contribution in [0.5, 0.6) is 5.75 Å². The molecule has 7 nitrogen and oxygen atoms in total. The predicted molar refractivity (Wildman–Crippen MR) is 115 cm³/mol. The van der Waals surface area contributed by atoms with E-state index in [2.05, 4.69) is 5.32 Å². The number of carbonyl (C=O) groups excluding carboxylic acids is 2. The van der Waals surface area contributed by atoms with Crippen LogP contribution in [0.4, 0.5) is 15.5 Å². The van der Waals surface area contributed by atoms with Gasteiger partial charge in [0.05, 0.1) is 25.4 Å². The molecule has 2 amide bonds. The van der Waals surface area contributed by atoms with E-state index in [0.717, 1.165) is 21.8 Å². The maximum absolute atomic E-state index is 12.3. The first-order valence-electron chi connectivity index (χ1n) is 9.55. The Labute approximate surface area is 174 Å². The summed E-state index contributed by atoms with van der Waals surface area (Å²) in [6.45, 7) is 5.67. The molecule has 0 saturated carbocycles. The standard InChI is InChI=1S/C21H25N3O4S/c1-3-27-15-8-5-14(6-9-15)7-10-18(25)23-20-19(22)16-11-12-24(13-17(16)29-20)21(26)28-4-2/h5-10H,3-4,11-13,22H2,1-2H3,(H,23,25)/b10-7+. The molecule has 1 aromatic heterocycles. The quantitative estimate of drug-likeness (QED) is 0.698. The second-order valence-electron chi connectivity index (χ2n) is 6.44. The summed E-state index contributed by atoms with van der Waals surface area (Å²) >= 11 is 1.40. The first-order valence-corrected chi connectivity index (χ1v) is 10.4. The smallest absolute Gasteiger partial charge is 0.410 e. The highest BCUT2D eigenvalue weighted by atomic mass is 32.1. The lowest BCUT2D eigenvalue weighted by molar-refractivity contribution is -0.111. The summed E-state index contributed by atoms with van der Waals surface area (Å²) in [5.74, 6) is 0.536. The average Bonchev–Trinajstić information content (AvgIpc) is 3.02. The zero-order chi connectivity index (χ0) is 20.8. The average molecular weight is 416 g/mol. The summed E-state index contributed by atoms with van der Waals surface area (Å²) in [6.07, 6.45) is 3.53. The van der Waals surface area contributed by atoms with E-state index in [4.69, 9.17) is 15.2 Å². The van der Waals surface area contributed by atoms with Crippen LogP contribution in [-0.4, -0.2) is 36.7 Å². The third kappa shape index (κ3) is 5.08. The molecule has 2 aromatic rings. The molecule has 0 spiro atoms. The fourth-order valence-electron chi connectivity index (χ4n) is 3.06. The maximum Gasteiger partial charge on any atom is 0.410 e. The second-order valence-corrected chi connectivity index (χ2v) is 7.55. The molecule has 1 aliphatic rings. The largest absolute Gasteiger partial charge is 0.494 e.